The van der Waals surface area contributed by atoms with Gasteiger partial charge in [0.05, 0.1) is 0 Å². The van der Waals surface area contributed by atoms with E-state index in [2.05, 4.69) is 33.8 Å². The highest BCUT2D eigenvalue weighted by molar-refractivity contribution is 5.95. The zero-order chi connectivity index (χ0) is 14.9. The highest BCUT2D eigenvalue weighted by Gasteiger charge is 2.21. The van der Waals surface area contributed by atoms with E-state index in [1.54, 1.807) is 0 Å². The minimum Gasteiger partial charge on any atom is -0.475 e. The summed E-state index contributed by atoms with van der Waals surface area (Å²) >= 11 is 0. The Morgan fingerprint density at radius 2 is 2.00 bits per heavy atom. The Morgan fingerprint density at radius 1 is 1.30 bits per heavy atom. The zero-order valence-electron chi connectivity index (χ0n) is 12.6. The predicted octanol–water partition coefficient (Wildman–Crippen LogP) is 4.84. The summed E-state index contributed by atoms with van der Waals surface area (Å²) in [4.78, 5) is 11.4. The molecule has 1 N–H and O–H groups in total. The first-order chi connectivity index (χ1) is 9.43. The summed E-state index contributed by atoms with van der Waals surface area (Å²) in [5, 5.41) is 10.3. The van der Waals surface area contributed by atoms with Crippen LogP contribution in [0, 0.1) is 5.92 Å². The van der Waals surface area contributed by atoms with Crippen LogP contribution in [-0.2, 0) is 6.42 Å². The van der Waals surface area contributed by atoms with Gasteiger partial charge in [-0.2, -0.15) is 0 Å². The van der Waals surface area contributed by atoms with Crippen LogP contribution in [0.5, 0.6) is 0 Å². The molecular formula is C17H22O3. The van der Waals surface area contributed by atoms with E-state index < -0.39 is 5.97 Å². The van der Waals surface area contributed by atoms with Crippen LogP contribution >= 0.6 is 0 Å². The van der Waals surface area contributed by atoms with Crippen molar-refractivity contribution in [1.82, 2.24) is 0 Å². The average molecular weight is 274 g/mol. The second kappa shape index (κ2) is 5.70. The van der Waals surface area contributed by atoms with Gasteiger partial charge in [-0.05, 0) is 42.4 Å². The van der Waals surface area contributed by atoms with Gasteiger partial charge in [0.1, 0.15) is 5.58 Å². The van der Waals surface area contributed by atoms with Crippen LogP contribution < -0.4 is 0 Å². The van der Waals surface area contributed by atoms with Crippen LogP contribution in [0.4, 0.5) is 0 Å². The first kappa shape index (κ1) is 14.6. The minimum absolute atomic E-state index is 0.0926. The molecule has 0 radical (unpaired) electrons. The maximum absolute atomic E-state index is 11.4. The van der Waals surface area contributed by atoms with Gasteiger partial charge in [-0.25, -0.2) is 4.79 Å². The lowest BCUT2D eigenvalue weighted by Crippen LogP contribution is -2.02. The maximum atomic E-state index is 11.4. The molecule has 108 valence electrons. The molecule has 0 aliphatic carbocycles. The second-order valence-corrected chi connectivity index (χ2v) is 5.88. The zero-order valence-corrected chi connectivity index (χ0v) is 12.6. The molecule has 0 saturated carbocycles. The lowest BCUT2D eigenvalue weighted by Gasteiger charge is -2.09. The molecule has 1 aromatic heterocycles. The van der Waals surface area contributed by atoms with E-state index in [4.69, 9.17) is 4.42 Å². The quantitative estimate of drug-likeness (QED) is 0.848. The minimum atomic E-state index is -0.984. The number of carboxylic acid groups (broad SMARTS) is 1. The van der Waals surface area contributed by atoms with Crippen molar-refractivity contribution < 1.29 is 14.3 Å². The molecule has 0 amide bonds. The normalized spacial score (nSPS) is 13.1. The third kappa shape index (κ3) is 2.72. The summed E-state index contributed by atoms with van der Waals surface area (Å²) in [6, 6.07) is 6.02. The van der Waals surface area contributed by atoms with E-state index in [9.17, 15) is 9.90 Å². The SMILES string of the molecule is CCC(C)c1ccc2oc(C(=O)O)c(CC(C)C)c2c1. The smallest absolute Gasteiger partial charge is 0.372 e. The van der Waals surface area contributed by atoms with Crippen molar-refractivity contribution in [2.24, 2.45) is 5.92 Å². The first-order valence-corrected chi connectivity index (χ1v) is 7.22. The lowest BCUT2D eigenvalue weighted by molar-refractivity contribution is 0.0663. The van der Waals surface area contributed by atoms with Crippen LogP contribution in [0.3, 0.4) is 0 Å². The Morgan fingerprint density at radius 3 is 2.55 bits per heavy atom. The average Bonchev–Trinajstić information content (AvgIpc) is 2.75. The summed E-state index contributed by atoms with van der Waals surface area (Å²) < 4.78 is 5.53. The number of carboxylic acids is 1. The summed E-state index contributed by atoms with van der Waals surface area (Å²) in [5.74, 6) is -0.0347. The molecule has 3 heteroatoms. The Hall–Kier alpha value is -1.77. The molecule has 0 saturated heterocycles. The number of hydrogen-bond donors (Lipinski definition) is 1. The Labute approximate surface area is 119 Å². The summed E-state index contributed by atoms with van der Waals surface area (Å²) in [6.07, 6.45) is 1.78. The molecule has 0 bridgehead atoms. The Bertz CT molecular complexity index is 622. The van der Waals surface area contributed by atoms with Gasteiger partial charge in [0.15, 0.2) is 0 Å². The van der Waals surface area contributed by atoms with Gasteiger partial charge in [-0.1, -0.05) is 33.8 Å². The van der Waals surface area contributed by atoms with Gasteiger partial charge in [0.2, 0.25) is 5.76 Å². The van der Waals surface area contributed by atoms with E-state index in [-0.39, 0.29) is 5.76 Å². The van der Waals surface area contributed by atoms with Crippen molar-refractivity contribution in [1.29, 1.82) is 0 Å². The maximum Gasteiger partial charge on any atom is 0.372 e. The molecule has 1 atom stereocenters. The number of aromatic carboxylic acids is 1. The van der Waals surface area contributed by atoms with E-state index in [1.165, 1.54) is 5.56 Å². The summed E-state index contributed by atoms with van der Waals surface area (Å²) in [7, 11) is 0. The topological polar surface area (TPSA) is 50.4 Å². The summed E-state index contributed by atoms with van der Waals surface area (Å²) in [6.45, 7) is 8.51. The molecule has 20 heavy (non-hydrogen) atoms. The van der Waals surface area contributed by atoms with Gasteiger partial charge in [-0.15, -0.1) is 0 Å². The van der Waals surface area contributed by atoms with Gasteiger partial charge >= 0.3 is 5.97 Å². The van der Waals surface area contributed by atoms with Gasteiger partial charge < -0.3 is 9.52 Å². The molecule has 2 aromatic rings. The molecular weight excluding hydrogens is 252 g/mol. The molecule has 0 aliphatic heterocycles. The first-order valence-electron chi connectivity index (χ1n) is 7.22. The molecule has 1 aromatic carbocycles. The number of benzene rings is 1. The van der Waals surface area contributed by atoms with Crippen molar-refractivity contribution in [3.8, 4) is 0 Å². The van der Waals surface area contributed by atoms with Crippen LogP contribution in [0.15, 0.2) is 22.6 Å². The van der Waals surface area contributed by atoms with E-state index in [0.29, 0.717) is 17.4 Å². The number of furan rings is 1. The van der Waals surface area contributed by atoms with Crippen LogP contribution in [-0.4, -0.2) is 11.1 Å². The largest absolute Gasteiger partial charge is 0.475 e. The molecule has 3 nitrogen and oxygen atoms in total. The molecule has 1 unspecified atom stereocenters. The van der Waals surface area contributed by atoms with Crippen LogP contribution in [0.1, 0.15) is 61.7 Å². The fourth-order valence-electron chi connectivity index (χ4n) is 2.49. The fourth-order valence-corrected chi connectivity index (χ4v) is 2.49. The third-order valence-electron chi connectivity index (χ3n) is 3.80. The molecule has 2 rings (SSSR count). The monoisotopic (exact) mass is 274 g/mol. The fraction of sp³-hybridized carbons (Fsp3) is 0.471. The van der Waals surface area contributed by atoms with E-state index in [1.807, 2.05) is 12.1 Å². The third-order valence-corrected chi connectivity index (χ3v) is 3.80. The number of rotatable bonds is 5. The van der Waals surface area contributed by atoms with E-state index in [0.717, 1.165) is 23.8 Å². The molecule has 0 aliphatic rings. The Kier molecular flexibility index (Phi) is 4.17. The molecule has 0 spiro atoms. The van der Waals surface area contributed by atoms with Crippen molar-refractivity contribution in [2.45, 2.75) is 46.5 Å². The summed E-state index contributed by atoms with van der Waals surface area (Å²) in [5.41, 5.74) is 2.74. The standard InChI is InChI=1S/C17H22O3/c1-5-11(4)12-6-7-15-13(9-12)14(8-10(2)3)16(20-15)17(18)19/h6-7,9-11H,5,8H2,1-4H3,(H,18,19). The van der Waals surface area contributed by atoms with Crippen molar-refractivity contribution in [2.75, 3.05) is 0 Å². The number of carbonyl (C=O) groups is 1. The van der Waals surface area contributed by atoms with Gasteiger partial charge in [0.25, 0.3) is 0 Å². The van der Waals surface area contributed by atoms with Gasteiger partial charge in [0, 0.05) is 10.9 Å². The highest BCUT2D eigenvalue weighted by atomic mass is 16.4. The number of fused-ring (bicyclic) bond motifs is 1. The highest BCUT2D eigenvalue weighted by Crippen LogP contribution is 2.31. The second-order valence-electron chi connectivity index (χ2n) is 5.88. The van der Waals surface area contributed by atoms with Crippen molar-refractivity contribution in [3.05, 3.63) is 35.1 Å². The van der Waals surface area contributed by atoms with Crippen molar-refractivity contribution in [3.63, 3.8) is 0 Å². The van der Waals surface area contributed by atoms with Gasteiger partial charge in [-0.3, -0.25) is 0 Å². The van der Waals surface area contributed by atoms with Crippen LogP contribution in [0.25, 0.3) is 11.0 Å². The number of hydrogen-bond acceptors (Lipinski definition) is 2. The van der Waals surface area contributed by atoms with Crippen LogP contribution in [0.2, 0.25) is 0 Å². The van der Waals surface area contributed by atoms with Crippen molar-refractivity contribution >= 4 is 16.9 Å². The Balaban J connectivity index is 2.62. The lowest BCUT2D eigenvalue weighted by atomic mass is 9.94. The van der Waals surface area contributed by atoms with E-state index >= 15 is 0 Å². The predicted molar refractivity (Wildman–Crippen MR) is 80.4 cm³/mol. The molecule has 1 heterocycles. The molecule has 0 fully saturated rings.